The molecule has 6 nitrogen and oxygen atoms in total. The molecule has 3 rings (SSSR count). The summed E-state index contributed by atoms with van der Waals surface area (Å²) in [5.41, 5.74) is 0. The Balaban J connectivity index is 1.70. The molecule has 1 N–H and O–H groups in total. The van der Waals surface area contributed by atoms with Crippen molar-refractivity contribution in [3.05, 3.63) is 5.82 Å². The number of halogens is 3. The van der Waals surface area contributed by atoms with Crippen molar-refractivity contribution in [1.82, 2.24) is 25.5 Å². The predicted molar refractivity (Wildman–Crippen MR) is 104 cm³/mol. The van der Waals surface area contributed by atoms with Gasteiger partial charge in [-0.25, -0.2) is 4.68 Å². The van der Waals surface area contributed by atoms with Crippen LogP contribution >= 0.6 is 34.8 Å². The van der Waals surface area contributed by atoms with Gasteiger partial charge in [0.25, 0.3) is 0 Å². The molecule has 0 radical (unpaired) electrons. The number of ether oxygens (including phenoxy) is 1. The van der Waals surface area contributed by atoms with Crippen molar-refractivity contribution in [1.29, 1.82) is 0 Å². The summed E-state index contributed by atoms with van der Waals surface area (Å²) in [6.07, 6.45) is 11.0. The van der Waals surface area contributed by atoms with Gasteiger partial charge in [0.1, 0.15) is 0 Å². The first-order valence-corrected chi connectivity index (χ1v) is 10.8. The van der Waals surface area contributed by atoms with Crippen LogP contribution in [0.25, 0.3) is 0 Å². The smallest absolute Gasteiger partial charge is 0.202 e. The number of alkyl halides is 3. The Morgan fingerprint density at radius 1 is 1.12 bits per heavy atom. The van der Waals surface area contributed by atoms with Gasteiger partial charge in [-0.1, -0.05) is 73.3 Å². The fourth-order valence-electron chi connectivity index (χ4n) is 4.02. The first kappa shape index (κ1) is 20.6. The van der Waals surface area contributed by atoms with Crippen molar-refractivity contribution in [2.45, 2.75) is 80.3 Å². The maximum Gasteiger partial charge on any atom is 0.202 e. The summed E-state index contributed by atoms with van der Waals surface area (Å²) in [6, 6.07) is -0.0230. The lowest BCUT2D eigenvalue weighted by molar-refractivity contribution is 0.0919. The van der Waals surface area contributed by atoms with Crippen molar-refractivity contribution in [3.8, 4) is 0 Å². The number of tetrazole rings is 1. The molecule has 0 amide bonds. The van der Waals surface area contributed by atoms with E-state index in [-0.39, 0.29) is 18.7 Å². The zero-order chi connectivity index (χ0) is 18.4. The fraction of sp³-hybridized carbons (Fsp3) is 0.941. The second-order valence-corrected chi connectivity index (χ2v) is 10.0. The number of hydrogen-bond acceptors (Lipinski definition) is 5. The minimum absolute atomic E-state index is 0.0230. The molecule has 1 aromatic heterocycles. The Hall–Kier alpha value is -0.140. The average Bonchev–Trinajstić information content (AvgIpc) is 3.19. The molecule has 1 saturated carbocycles. The highest BCUT2D eigenvalue weighted by molar-refractivity contribution is 6.67. The monoisotopic (exact) mass is 423 g/mol. The van der Waals surface area contributed by atoms with Gasteiger partial charge in [-0.3, -0.25) is 0 Å². The number of aromatic nitrogens is 4. The highest BCUT2D eigenvalue weighted by Crippen LogP contribution is 2.32. The van der Waals surface area contributed by atoms with Gasteiger partial charge in [-0.05, 0) is 35.6 Å². The molecule has 2 atom stereocenters. The molecule has 2 aliphatic rings. The van der Waals surface area contributed by atoms with Crippen LogP contribution in [-0.2, 0) is 11.3 Å². The van der Waals surface area contributed by atoms with E-state index in [0.29, 0.717) is 12.5 Å². The van der Waals surface area contributed by atoms with E-state index in [9.17, 15) is 0 Å². The zero-order valence-corrected chi connectivity index (χ0v) is 17.3. The molecule has 1 saturated heterocycles. The van der Waals surface area contributed by atoms with Gasteiger partial charge in [0, 0.05) is 13.2 Å². The average molecular weight is 425 g/mol. The van der Waals surface area contributed by atoms with Crippen LogP contribution in [0.5, 0.6) is 0 Å². The summed E-state index contributed by atoms with van der Waals surface area (Å²) in [7, 11) is 0. The second kappa shape index (κ2) is 9.87. The van der Waals surface area contributed by atoms with Gasteiger partial charge in [0.15, 0.2) is 5.82 Å². The van der Waals surface area contributed by atoms with Gasteiger partial charge in [-0.15, -0.1) is 5.10 Å². The molecule has 1 aliphatic heterocycles. The topological polar surface area (TPSA) is 64.9 Å². The molecule has 148 valence electrons. The van der Waals surface area contributed by atoms with E-state index in [1.165, 1.54) is 38.5 Å². The highest BCUT2D eigenvalue weighted by atomic mass is 35.6. The van der Waals surface area contributed by atoms with Gasteiger partial charge >= 0.3 is 0 Å². The normalized spacial score (nSPS) is 23.9. The molecule has 0 spiro atoms. The third-order valence-corrected chi connectivity index (χ3v) is 5.77. The largest absolute Gasteiger partial charge is 0.376 e. The molecular weight excluding hydrogens is 397 g/mol. The Kier molecular flexibility index (Phi) is 7.82. The zero-order valence-electron chi connectivity index (χ0n) is 15.0. The molecular formula is C17H28Cl3N5O. The van der Waals surface area contributed by atoms with Crippen molar-refractivity contribution >= 4 is 34.8 Å². The number of hydrogen-bond donors (Lipinski definition) is 1. The van der Waals surface area contributed by atoms with E-state index in [1.54, 1.807) is 0 Å². The number of nitrogens with zero attached hydrogens (tertiary/aromatic N) is 4. The first-order valence-electron chi connectivity index (χ1n) is 9.69. The fourth-order valence-corrected chi connectivity index (χ4v) is 4.26. The Bertz CT molecular complexity index is 537. The Morgan fingerprint density at radius 3 is 2.54 bits per heavy atom. The first-order chi connectivity index (χ1) is 12.5. The van der Waals surface area contributed by atoms with Crippen LogP contribution in [-0.4, -0.2) is 43.3 Å². The van der Waals surface area contributed by atoms with Crippen LogP contribution in [0, 0.1) is 5.92 Å². The summed E-state index contributed by atoms with van der Waals surface area (Å²) < 4.78 is 6.27. The minimum atomic E-state index is -1.34. The lowest BCUT2D eigenvalue weighted by atomic mass is 9.92. The third kappa shape index (κ3) is 6.48. The standard InChI is InChI=1S/C17H28Cl3N5O/c18-17(19,20)12-21-15(10-13-6-3-1-2-4-7-13)16-22-23-24-25(16)11-14-8-5-9-26-14/h13-15,21H,1-12H2. The van der Waals surface area contributed by atoms with Crippen LogP contribution in [0.4, 0.5) is 0 Å². The van der Waals surface area contributed by atoms with Crippen LogP contribution in [0.2, 0.25) is 0 Å². The van der Waals surface area contributed by atoms with E-state index >= 15 is 0 Å². The van der Waals surface area contributed by atoms with Crippen molar-refractivity contribution in [2.75, 3.05) is 13.2 Å². The van der Waals surface area contributed by atoms with E-state index in [4.69, 9.17) is 39.5 Å². The lowest BCUT2D eigenvalue weighted by Gasteiger charge is -2.25. The predicted octanol–water partition coefficient (Wildman–Crippen LogP) is 4.21. The van der Waals surface area contributed by atoms with Gasteiger partial charge < -0.3 is 10.1 Å². The van der Waals surface area contributed by atoms with Gasteiger partial charge in [0.05, 0.1) is 18.7 Å². The van der Waals surface area contributed by atoms with Crippen molar-refractivity contribution in [3.63, 3.8) is 0 Å². The third-order valence-electron chi connectivity index (χ3n) is 5.36. The second-order valence-electron chi connectivity index (χ2n) is 7.50. The summed E-state index contributed by atoms with van der Waals surface area (Å²) in [5.74, 6) is 1.47. The van der Waals surface area contributed by atoms with E-state index in [0.717, 1.165) is 31.7 Å². The molecule has 1 aliphatic carbocycles. The van der Waals surface area contributed by atoms with E-state index in [2.05, 4.69) is 20.8 Å². The number of rotatable bonds is 7. The molecule has 0 bridgehead atoms. The molecule has 0 aromatic carbocycles. The molecule has 2 fully saturated rings. The van der Waals surface area contributed by atoms with Crippen molar-refractivity contribution in [2.24, 2.45) is 5.92 Å². The quantitative estimate of drug-likeness (QED) is 0.524. The molecule has 2 unspecified atom stereocenters. The maximum atomic E-state index is 5.97. The molecule has 2 heterocycles. The summed E-state index contributed by atoms with van der Waals surface area (Å²) >= 11 is 17.9. The number of nitrogens with one attached hydrogen (secondary N) is 1. The Morgan fingerprint density at radius 2 is 1.88 bits per heavy atom. The molecule has 1 aromatic rings. The van der Waals surface area contributed by atoms with Crippen LogP contribution in [0.1, 0.15) is 69.7 Å². The Labute approximate surface area is 170 Å². The van der Waals surface area contributed by atoms with Gasteiger partial charge in [0.2, 0.25) is 3.79 Å². The summed E-state index contributed by atoms with van der Waals surface area (Å²) in [5, 5.41) is 15.8. The molecule has 26 heavy (non-hydrogen) atoms. The SMILES string of the molecule is ClC(Cl)(Cl)CNC(CC1CCCCCC1)c1nnnn1CC1CCCO1. The summed E-state index contributed by atoms with van der Waals surface area (Å²) in [4.78, 5) is 0. The van der Waals surface area contributed by atoms with Crippen LogP contribution in [0.15, 0.2) is 0 Å². The van der Waals surface area contributed by atoms with E-state index in [1.807, 2.05) is 4.68 Å². The van der Waals surface area contributed by atoms with Gasteiger partial charge in [-0.2, -0.15) is 0 Å². The lowest BCUT2D eigenvalue weighted by Crippen LogP contribution is -2.34. The van der Waals surface area contributed by atoms with Crippen LogP contribution in [0.3, 0.4) is 0 Å². The minimum Gasteiger partial charge on any atom is -0.376 e. The van der Waals surface area contributed by atoms with E-state index < -0.39 is 3.79 Å². The maximum absolute atomic E-state index is 5.97. The highest BCUT2D eigenvalue weighted by Gasteiger charge is 2.29. The van der Waals surface area contributed by atoms with Crippen molar-refractivity contribution < 1.29 is 4.74 Å². The summed E-state index contributed by atoms with van der Waals surface area (Å²) in [6.45, 7) is 1.76. The molecule has 9 heteroatoms. The van der Waals surface area contributed by atoms with Crippen LogP contribution < -0.4 is 5.32 Å².